The number of carbonyl (C=O) groups is 2. The summed E-state index contributed by atoms with van der Waals surface area (Å²) < 4.78 is 38.4. The molecule has 40 heavy (non-hydrogen) atoms. The van der Waals surface area contributed by atoms with Gasteiger partial charge in [-0.2, -0.15) is 0 Å². The molecule has 2 amide bonds. The molecule has 0 radical (unpaired) electrons. The number of likely N-dealkylation sites (N-methyl/N-ethyl adjacent to an activating group) is 1. The lowest BCUT2D eigenvalue weighted by molar-refractivity contribution is -0.140. The molecule has 0 bridgehead atoms. The molecule has 0 aliphatic carbocycles. The number of nitrogens with zero attached hydrogens (tertiary/aromatic N) is 2. The highest BCUT2D eigenvalue weighted by molar-refractivity contribution is 7.92. The Labute approximate surface area is 235 Å². The quantitative estimate of drug-likeness (QED) is 0.360. The summed E-state index contributed by atoms with van der Waals surface area (Å²) in [5.74, 6) is -0.103. The van der Waals surface area contributed by atoms with Crippen molar-refractivity contribution in [3.05, 3.63) is 89.5 Å². The number of sulfonamides is 1. The third-order valence-corrected chi connectivity index (χ3v) is 8.59. The van der Waals surface area contributed by atoms with E-state index in [1.54, 1.807) is 18.2 Å². The summed E-state index contributed by atoms with van der Waals surface area (Å²) in [6, 6.07) is 21.0. The van der Waals surface area contributed by atoms with Crippen molar-refractivity contribution >= 4 is 27.5 Å². The molecule has 3 aromatic carbocycles. The molecular weight excluding hydrogens is 530 g/mol. The molecule has 0 saturated heterocycles. The number of aryl methyl sites for hydroxylation is 1. The van der Waals surface area contributed by atoms with Crippen LogP contribution >= 0.6 is 0 Å². The number of ether oxygens (including phenoxy) is 2. The monoisotopic (exact) mass is 565 g/mol. The van der Waals surface area contributed by atoms with Gasteiger partial charge in [0.2, 0.25) is 28.6 Å². The molecule has 9 nitrogen and oxygen atoms in total. The van der Waals surface area contributed by atoms with Crippen LogP contribution < -0.4 is 19.1 Å². The van der Waals surface area contributed by atoms with Crippen molar-refractivity contribution in [1.29, 1.82) is 0 Å². The lowest BCUT2D eigenvalue weighted by Crippen LogP contribution is -2.53. The third kappa shape index (κ3) is 6.74. The second-order valence-corrected chi connectivity index (χ2v) is 11.7. The van der Waals surface area contributed by atoms with Crippen molar-refractivity contribution in [2.75, 3.05) is 29.9 Å². The Morgan fingerprint density at radius 3 is 2.35 bits per heavy atom. The van der Waals surface area contributed by atoms with E-state index in [9.17, 15) is 18.0 Å². The Kier molecular flexibility index (Phi) is 9.31. The van der Waals surface area contributed by atoms with Crippen LogP contribution in [-0.2, 0) is 32.6 Å². The smallest absolute Gasteiger partial charge is 0.244 e. The molecule has 1 heterocycles. The first-order valence-electron chi connectivity index (χ1n) is 13.3. The molecule has 0 aromatic heterocycles. The number of amides is 2. The third-order valence-electron chi connectivity index (χ3n) is 6.85. The summed E-state index contributed by atoms with van der Waals surface area (Å²) in [5, 5.41) is 2.86. The van der Waals surface area contributed by atoms with Crippen LogP contribution in [0.2, 0.25) is 0 Å². The number of hydrogen-bond acceptors (Lipinski definition) is 6. The molecule has 0 fully saturated rings. The van der Waals surface area contributed by atoms with Crippen molar-refractivity contribution in [3.63, 3.8) is 0 Å². The fraction of sp³-hybridized carbons (Fsp3) is 0.333. The minimum atomic E-state index is -3.87. The van der Waals surface area contributed by atoms with Gasteiger partial charge in [0.15, 0.2) is 11.5 Å². The lowest BCUT2D eigenvalue weighted by Gasteiger charge is -2.34. The molecule has 1 aliphatic rings. The average molecular weight is 566 g/mol. The largest absolute Gasteiger partial charge is 0.454 e. The molecule has 0 saturated carbocycles. The summed E-state index contributed by atoms with van der Waals surface area (Å²) in [5.41, 5.74) is 3.00. The predicted molar refractivity (Wildman–Crippen MR) is 154 cm³/mol. The van der Waals surface area contributed by atoms with E-state index in [0.717, 1.165) is 21.0 Å². The number of carbonyl (C=O) groups excluding carboxylic acids is 2. The summed E-state index contributed by atoms with van der Waals surface area (Å²) in [6.45, 7) is 5.38. The molecular formula is C30H35N3O6S. The van der Waals surface area contributed by atoms with Gasteiger partial charge < -0.3 is 19.7 Å². The molecule has 1 aliphatic heterocycles. The lowest BCUT2D eigenvalue weighted by atomic mass is 10.0. The van der Waals surface area contributed by atoms with Gasteiger partial charge in [-0.15, -0.1) is 0 Å². The van der Waals surface area contributed by atoms with E-state index in [0.29, 0.717) is 18.0 Å². The van der Waals surface area contributed by atoms with Gasteiger partial charge in [0, 0.05) is 25.6 Å². The maximum absolute atomic E-state index is 14.2. The number of fused-ring (bicyclic) bond motifs is 1. The van der Waals surface area contributed by atoms with Crippen molar-refractivity contribution in [3.8, 4) is 11.5 Å². The molecule has 0 unspecified atom stereocenters. The highest BCUT2D eigenvalue weighted by Gasteiger charge is 2.34. The van der Waals surface area contributed by atoms with Gasteiger partial charge in [0.05, 0.1) is 11.4 Å². The van der Waals surface area contributed by atoms with E-state index in [1.165, 1.54) is 11.8 Å². The van der Waals surface area contributed by atoms with Crippen molar-refractivity contribution < 1.29 is 27.5 Å². The Morgan fingerprint density at radius 2 is 1.65 bits per heavy atom. The molecule has 3 aromatic rings. The van der Waals surface area contributed by atoms with Crippen molar-refractivity contribution in [1.82, 2.24) is 10.2 Å². The molecule has 0 spiro atoms. The van der Waals surface area contributed by atoms with Gasteiger partial charge in [-0.05, 0) is 49.6 Å². The predicted octanol–water partition coefficient (Wildman–Crippen LogP) is 3.66. The SMILES string of the molecule is CCNC(=O)[C@H](Cc1ccccc1)N(Cc1ccccc1C)C(=O)CN(c1ccc2c(c1)OCO2)S(=O)(=O)CC. The van der Waals surface area contributed by atoms with Gasteiger partial charge in [-0.25, -0.2) is 8.42 Å². The number of rotatable bonds is 12. The molecule has 1 atom stereocenters. The first-order valence-corrected chi connectivity index (χ1v) is 14.9. The summed E-state index contributed by atoms with van der Waals surface area (Å²) in [7, 11) is -3.87. The number of hydrogen-bond donors (Lipinski definition) is 1. The highest BCUT2D eigenvalue weighted by atomic mass is 32.2. The van der Waals surface area contributed by atoms with Crippen LogP contribution in [0.15, 0.2) is 72.8 Å². The second kappa shape index (κ2) is 12.9. The summed E-state index contributed by atoms with van der Waals surface area (Å²) in [6.07, 6.45) is 0.273. The zero-order valence-corrected chi connectivity index (χ0v) is 23.8. The van der Waals surface area contributed by atoms with Gasteiger partial charge in [-0.3, -0.25) is 13.9 Å². The van der Waals surface area contributed by atoms with Gasteiger partial charge in [0.25, 0.3) is 0 Å². The number of anilines is 1. The fourth-order valence-electron chi connectivity index (χ4n) is 4.58. The Balaban J connectivity index is 1.74. The first-order chi connectivity index (χ1) is 19.2. The standard InChI is InChI=1S/C30H35N3O6S/c1-4-31-30(35)26(17-23-12-7-6-8-13-23)32(19-24-14-10-9-11-22(24)3)29(34)20-33(40(36,37)5-2)25-15-16-27-28(18-25)39-21-38-27/h6-16,18,26H,4-5,17,19-21H2,1-3H3,(H,31,35)/t26-/m0/s1. The number of nitrogens with one attached hydrogen (secondary N) is 1. The fourth-order valence-corrected chi connectivity index (χ4v) is 5.63. The second-order valence-electron chi connectivity index (χ2n) is 9.49. The van der Waals surface area contributed by atoms with Crippen LogP contribution in [0.5, 0.6) is 11.5 Å². The van der Waals surface area contributed by atoms with E-state index in [4.69, 9.17) is 9.47 Å². The average Bonchev–Trinajstić information content (AvgIpc) is 3.43. The van der Waals surface area contributed by atoms with E-state index >= 15 is 0 Å². The Morgan fingerprint density at radius 1 is 0.950 bits per heavy atom. The Hall–Kier alpha value is -4.05. The normalized spacial score (nSPS) is 13.0. The maximum atomic E-state index is 14.2. The summed E-state index contributed by atoms with van der Waals surface area (Å²) in [4.78, 5) is 29.1. The Bertz CT molecular complexity index is 1440. The zero-order valence-electron chi connectivity index (χ0n) is 23.0. The summed E-state index contributed by atoms with van der Waals surface area (Å²) >= 11 is 0. The molecule has 10 heteroatoms. The maximum Gasteiger partial charge on any atom is 0.244 e. The molecule has 1 N–H and O–H groups in total. The molecule has 4 rings (SSSR count). The minimum absolute atomic E-state index is 0.0379. The van der Waals surface area contributed by atoms with Crippen LogP contribution in [-0.4, -0.2) is 56.8 Å². The van der Waals surface area contributed by atoms with Crippen LogP contribution in [0.1, 0.15) is 30.5 Å². The van der Waals surface area contributed by atoms with E-state index < -0.39 is 28.5 Å². The zero-order chi connectivity index (χ0) is 28.7. The van der Waals surface area contributed by atoms with Crippen LogP contribution in [0.25, 0.3) is 0 Å². The molecule has 212 valence electrons. The van der Waals surface area contributed by atoms with Crippen molar-refractivity contribution in [2.45, 2.75) is 39.8 Å². The van der Waals surface area contributed by atoms with Crippen LogP contribution in [0, 0.1) is 6.92 Å². The van der Waals surface area contributed by atoms with E-state index in [1.807, 2.05) is 68.4 Å². The first kappa shape index (κ1) is 28.9. The van der Waals surface area contributed by atoms with Crippen LogP contribution in [0.4, 0.5) is 5.69 Å². The minimum Gasteiger partial charge on any atom is -0.454 e. The topological polar surface area (TPSA) is 105 Å². The highest BCUT2D eigenvalue weighted by Crippen LogP contribution is 2.36. The van der Waals surface area contributed by atoms with Gasteiger partial charge in [0.1, 0.15) is 12.6 Å². The van der Waals surface area contributed by atoms with E-state index in [-0.39, 0.29) is 37.1 Å². The van der Waals surface area contributed by atoms with Crippen LogP contribution in [0.3, 0.4) is 0 Å². The van der Waals surface area contributed by atoms with E-state index in [2.05, 4.69) is 5.32 Å². The number of benzene rings is 3. The van der Waals surface area contributed by atoms with Gasteiger partial charge in [-0.1, -0.05) is 54.6 Å². The van der Waals surface area contributed by atoms with Crippen molar-refractivity contribution in [2.24, 2.45) is 0 Å². The van der Waals surface area contributed by atoms with Gasteiger partial charge >= 0.3 is 0 Å².